The molecule has 0 radical (unpaired) electrons. The molecule has 1 aliphatic heterocycles. The van der Waals surface area contributed by atoms with E-state index in [-0.39, 0.29) is 11.9 Å². The van der Waals surface area contributed by atoms with E-state index >= 15 is 0 Å². The number of carbonyl (C=O) groups excluding carboxylic acids is 1. The number of carbonyl (C=O) groups is 1. The number of para-hydroxylation sites is 1. The summed E-state index contributed by atoms with van der Waals surface area (Å²) < 4.78 is 5.62. The van der Waals surface area contributed by atoms with E-state index in [1.54, 1.807) is 12.3 Å². The lowest BCUT2D eigenvalue weighted by Gasteiger charge is -2.15. The van der Waals surface area contributed by atoms with Gasteiger partial charge in [-0.1, -0.05) is 18.2 Å². The van der Waals surface area contributed by atoms with E-state index in [1.165, 1.54) is 0 Å². The Morgan fingerprint density at radius 3 is 3.12 bits per heavy atom. The average molecular weight is 324 g/mol. The molecule has 126 valence electrons. The zero-order valence-corrected chi connectivity index (χ0v) is 14.1. The Balaban J connectivity index is 1.54. The first kappa shape index (κ1) is 16.7. The molecule has 1 saturated heterocycles. The van der Waals surface area contributed by atoms with Crippen molar-refractivity contribution in [3.05, 3.63) is 48.2 Å². The number of nitrogens with one attached hydrogen (secondary N) is 1. The SMILES string of the molecule is C[C@H](CC[C@@H]1CCCO1)NC(=O)/C=C/c1ccnc2ccccc12. The van der Waals surface area contributed by atoms with E-state index in [2.05, 4.69) is 10.3 Å². The molecule has 4 heteroatoms. The Bertz CT molecular complexity index is 715. The Hall–Kier alpha value is -2.20. The normalized spacial score (nSPS) is 19.0. The standard InChI is InChI=1S/C20H24N2O2/c1-15(8-10-17-5-4-14-24-17)22-20(23)11-9-16-12-13-21-19-7-3-2-6-18(16)19/h2-3,6-7,9,11-13,15,17H,4-5,8,10,14H2,1H3,(H,22,23)/b11-9+/t15-,17+/m1/s1. The zero-order chi connectivity index (χ0) is 16.8. The number of nitrogens with zero attached hydrogens (tertiary/aromatic N) is 1. The van der Waals surface area contributed by atoms with Crippen molar-refractivity contribution in [2.24, 2.45) is 0 Å². The van der Waals surface area contributed by atoms with Gasteiger partial charge in [0.2, 0.25) is 5.91 Å². The van der Waals surface area contributed by atoms with Crippen molar-refractivity contribution >= 4 is 22.9 Å². The summed E-state index contributed by atoms with van der Waals surface area (Å²) >= 11 is 0. The van der Waals surface area contributed by atoms with Crippen LogP contribution in [0.4, 0.5) is 0 Å². The maximum Gasteiger partial charge on any atom is 0.244 e. The van der Waals surface area contributed by atoms with E-state index in [1.807, 2.05) is 43.3 Å². The Kier molecular flexibility index (Phi) is 5.59. The molecule has 1 aromatic heterocycles. The van der Waals surface area contributed by atoms with Gasteiger partial charge < -0.3 is 10.1 Å². The second-order valence-corrected chi connectivity index (χ2v) is 6.37. The van der Waals surface area contributed by atoms with Crippen LogP contribution in [0.3, 0.4) is 0 Å². The number of hydrogen-bond donors (Lipinski definition) is 1. The monoisotopic (exact) mass is 324 g/mol. The van der Waals surface area contributed by atoms with Gasteiger partial charge in [0.1, 0.15) is 0 Å². The van der Waals surface area contributed by atoms with Crippen LogP contribution < -0.4 is 5.32 Å². The summed E-state index contributed by atoms with van der Waals surface area (Å²) in [4.78, 5) is 16.4. The number of rotatable bonds is 6. The first-order valence-electron chi connectivity index (χ1n) is 8.66. The lowest BCUT2D eigenvalue weighted by atomic mass is 10.1. The molecule has 2 heterocycles. The number of fused-ring (bicyclic) bond motifs is 1. The van der Waals surface area contributed by atoms with Gasteiger partial charge in [0.15, 0.2) is 0 Å². The predicted octanol–water partition coefficient (Wildman–Crippen LogP) is 3.71. The molecule has 1 fully saturated rings. The highest BCUT2D eigenvalue weighted by atomic mass is 16.5. The average Bonchev–Trinajstić information content (AvgIpc) is 3.11. The van der Waals surface area contributed by atoms with Crippen molar-refractivity contribution < 1.29 is 9.53 Å². The molecule has 4 nitrogen and oxygen atoms in total. The minimum atomic E-state index is -0.0595. The summed E-state index contributed by atoms with van der Waals surface area (Å²) in [5.41, 5.74) is 1.94. The van der Waals surface area contributed by atoms with Gasteiger partial charge >= 0.3 is 0 Å². The second kappa shape index (κ2) is 8.06. The van der Waals surface area contributed by atoms with Crippen molar-refractivity contribution in [1.82, 2.24) is 10.3 Å². The van der Waals surface area contributed by atoms with E-state index in [0.717, 1.165) is 48.8 Å². The highest BCUT2D eigenvalue weighted by Crippen LogP contribution is 2.18. The molecule has 1 amide bonds. The van der Waals surface area contributed by atoms with Crippen LogP contribution in [0.2, 0.25) is 0 Å². The van der Waals surface area contributed by atoms with E-state index < -0.39 is 0 Å². The molecule has 0 aliphatic carbocycles. The third-order valence-corrected chi connectivity index (χ3v) is 4.43. The van der Waals surface area contributed by atoms with Crippen LogP contribution in [0.15, 0.2) is 42.6 Å². The first-order chi connectivity index (χ1) is 11.7. The number of ether oxygens (including phenoxy) is 1. The van der Waals surface area contributed by atoms with Gasteiger partial charge in [0.05, 0.1) is 11.6 Å². The molecule has 0 bridgehead atoms. The lowest BCUT2D eigenvalue weighted by Crippen LogP contribution is -2.31. The number of hydrogen-bond acceptors (Lipinski definition) is 3. The smallest absolute Gasteiger partial charge is 0.244 e. The van der Waals surface area contributed by atoms with Gasteiger partial charge in [-0.3, -0.25) is 9.78 Å². The topological polar surface area (TPSA) is 51.2 Å². The van der Waals surface area contributed by atoms with Crippen LogP contribution in [0.1, 0.15) is 38.2 Å². The van der Waals surface area contributed by atoms with Gasteiger partial charge in [-0.05, 0) is 56.4 Å². The molecule has 1 aliphatic rings. The Morgan fingerprint density at radius 1 is 1.42 bits per heavy atom. The molecule has 2 atom stereocenters. The molecule has 0 spiro atoms. The molecule has 1 N–H and O–H groups in total. The summed E-state index contributed by atoms with van der Waals surface area (Å²) in [7, 11) is 0. The number of aromatic nitrogens is 1. The van der Waals surface area contributed by atoms with Gasteiger partial charge in [-0.25, -0.2) is 0 Å². The summed E-state index contributed by atoms with van der Waals surface area (Å²) in [5.74, 6) is -0.0595. The predicted molar refractivity (Wildman–Crippen MR) is 96.6 cm³/mol. The second-order valence-electron chi connectivity index (χ2n) is 6.37. The number of benzene rings is 1. The Morgan fingerprint density at radius 2 is 2.29 bits per heavy atom. The van der Waals surface area contributed by atoms with E-state index in [9.17, 15) is 4.79 Å². The zero-order valence-electron chi connectivity index (χ0n) is 14.1. The van der Waals surface area contributed by atoms with Crippen LogP contribution in [-0.4, -0.2) is 29.6 Å². The molecular weight excluding hydrogens is 300 g/mol. The van der Waals surface area contributed by atoms with E-state index in [0.29, 0.717) is 6.10 Å². The number of pyridine rings is 1. The van der Waals surface area contributed by atoms with Crippen molar-refractivity contribution in [3.8, 4) is 0 Å². The van der Waals surface area contributed by atoms with E-state index in [4.69, 9.17) is 4.74 Å². The highest BCUT2D eigenvalue weighted by Gasteiger charge is 2.16. The van der Waals surface area contributed by atoms with Crippen LogP contribution in [-0.2, 0) is 9.53 Å². The largest absolute Gasteiger partial charge is 0.378 e. The van der Waals surface area contributed by atoms with Crippen LogP contribution in [0.25, 0.3) is 17.0 Å². The lowest BCUT2D eigenvalue weighted by molar-refractivity contribution is -0.117. The van der Waals surface area contributed by atoms with Gasteiger partial charge in [0, 0.05) is 30.3 Å². The Labute approximate surface area is 142 Å². The summed E-state index contributed by atoms with van der Waals surface area (Å²) in [6, 6.07) is 10.0. The van der Waals surface area contributed by atoms with Crippen LogP contribution in [0, 0.1) is 0 Å². The van der Waals surface area contributed by atoms with Crippen LogP contribution >= 0.6 is 0 Å². The third-order valence-electron chi connectivity index (χ3n) is 4.43. The molecular formula is C20H24N2O2. The number of amides is 1. The van der Waals surface area contributed by atoms with Crippen molar-refractivity contribution in [2.75, 3.05) is 6.61 Å². The first-order valence-corrected chi connectivity index (χ1v) is 8.66. The quantitative estimate of drug-likeness (QED) is 0.824. The summed E-state index contributed by atoms with van der Waals surface area (Å²) in [5, 5.41) is 4.08. The van der Waals surface area contributed by atoms with Gasteiger partial charge in [-0.15, -0.1) is 0 Å². The fraction of sp³-hybridized carbons (Fsp3) is 0.400. The van der Waals surface area contributed by atoms with Gasteiger partial charge in [-0.2, -0.15) is 0 Å². The summed E-state index contributed by atoms with van der Waals surface area (Å²) in [6.45, 7) is 2.93. The molecule has 0 unspecified atom stereocenters. The van der Waals surface area contributed by atoms with Crippen molar-refractivity contribution in [1.29, 1.82) is 0 Å². The fourth-order valence-corrected chi connectivity index (χ4v) is 3.10. The highest BCUT2D eigenvalue weighted by molar-refractivity contribution is 5.95. The third kappa shape index (κ3) is 4.42. The van der Waals surface area contributed by atoms with Crippen molar-refractivity contribution in [3.63, 3.8) is 0 Å². The van der Waals surface area contributed by atoms with Gasteiger partial charge in [0.25, 0.3) is 0 Å². The van der Waals surface area contributed by atoms with Crippen LogP contribution in [0.5, 0.6) is 0 Å². The summed E-state index contributed by atoms with van der Waals surface area (Å²) in [6.07, 6.45) is 9.87. The fourth-order valence-electron chi connectivity index (χ4n) is 3.10. The van der Waals surface area contributed by atoms with Crippen molar-refractivity contribution in [2.45, 2.75) is 44.8 Å². The maximum absolute atomic E-state index is 12.1. The molecule has 3 rings (SSSR count). The molecule has 2 aromatic rings. The molecule has 1 aromatic carbocycles. The molecule has 0 saturated carbocycles. The minimum absolute atomic E-state index is 0.0595. The maximum atomic E-state index is 12.1. The minimum Gasteiger partial charge on any atom is -0.378 e. The molecule has 24 heavy (non-hydrogen) atoms.